The van der Waals surface area contributed by atoms with Gasteiger partial charge in [-0.3, -0.25) is 4.90 Å². The second-order valence-electron chi connectivity index (χ2n) is 5.83. The number of aliphatic hydroxyl groups is 1. The van der Waals surface area contributed by atoms with Crippen molar-refractivity contribution >= 4 is 6.09 Å². The lowest BCUT2D eigenvalue weighted by atomic mass is 9.94. The molecule has 1 fully saturated rings. The van der Waals surface area contributed by atoms with Crippen LogP contribution < -0.4 is 0 Å². The molecule has 2 atom stereocenters. The molecule has 0 aliphatic carbocycles. The summed E-state index contributed by atoms with van der Waals surface area (Å²) in [6.07, 6.45) is 5.05. The van der Waals surface area contributed by atoms with E-state index in [9.17, 15) is 9.90 Å². The fraction of sp³-hybridized carbons (Fsp3) is 0.786. The summed E-state index contributed by atoms with van der Waals surface area (Å²) >= 11 is 0. The van der Waals surface area contributed by atoms with Crippen LogP contribution in [0, 0.1) is 0 Å². The molecule has 18 heavy (non-hydrogen) atoms. The van der Waals surface area contributed by atoms with Gasteiger partial charge < -0.3 is 9.84 Å². The summed E-state index contributed by atoms with van der Waals surface area (Å²) in [7, 11) is 0. The first-order valence-corrected chi connectivity index (χ1v) is 6.62. The third kappa shape index (κ3) is 4.02. The summed E-state index contributed by atoms with van der Waals surface area (Å²) in [5.41, 5.74) is -0.507. The van der Waals surface area contributed by atoms with E-state index in [-0.39, 0.29) is 24.8 Å². The molecule has 1 saturated heterocycles. The molecule has 0 radical (unpaired) electrons. The van der Waals surface area contributed by atoms with E-state index < -0.39 is 5.60 Å². The lowest BCUT2D eigenvalue weighted by Crippen LogP contribution is -2.52. The van der Waals surface area contributed by atoms with Crippen molar-refractivity contribution in [1.82, 2.24) is 4.90 Å². The van der Waals surface area contributed by atoms with Crippen LogP contribution >= 0.6 is 0 Å². The van der Waals surface area contributed by atoms with E-state index >= 15 is 0 Å². The Labute approximate surface area is 110 Å². The van der Waals surface area contributed by atoms with E-state index in [1.54, 1.807) is 4.90 Å². The Morgan fingerprint density at radius 2 is 2.06 bits per heavy atom. The van der Waals surface area contributed by atoms with Gasteiger partial charge in [-0.2, -0.15) is 0 Å². The molecule has 1 unspecified atom stereocenters. The average Bonchev–Trinajstić information content (AvgIpc) is 2.26. The van der Waals surface area contributed by atoms with Crippen LogP contribution in [0.3, 0.4) is 0 Å². The highest BCUT2D eigenvalue weighted by atomic mass is 16.6. The van der Waals surface area contributed by atoms with Crippen LogP contribution in [0.2, 0.25) is 0 Å². The second kappa shape index (κ2) is 6.23. The molecule has 1 aliphatic rings. The van der Waals surface area contributed by atoms with Crippen molar-refractivity contribution in [3.8, 4) is 0 Å². The fourth-order valence-electron chi connectivity index (χ4n) is 2.38. The zero-order valence-corrected chi connectivity index (χ0v) is 11.7. The van der Waals surface area contributed by atoms with Crippen LogP contribution in [0.5, 0.6) is 0 Å². The number of ether oxygens (including phenoxy) is 1. The predicted octanol–water partition coefficient (Wildman–Crippen LogP) is 2.71. The van der Waals surface area contributed by atoms with Gasteiger partial charge in [0.25, 0.3) is 0 Å². The molecule has 4 heteroatoms. The van der Waals surface area contributed by atoms with Gasteiger partial charge in [-0.1, -0.05) is 6.08 Å². The molecule has 0 aromatic heterocycles. The summed E-state index contributed by atoms with van der Waals surface area (Å²) in [5.74, 6) is 0. The Bertz CT molecular complexity index is 296. The third-order valence-electron chi connectivity index (χ3n) is 3.12. The number of rotatable bonds is 3. The number of amides is 1. The van der Waals surface area contributed by atoms with Crippen LogP contribution in [0.15, 0.2) is 12.7 Å². The number of likely N-dealkylation sites (tertiary alicyclic amines) is 1. The monoisotopic (exact) mass is 255 g/mol. The van der Waals surface area contributed by atoms with Crippen molar-refractivity contribution < 1.29 is 14.6 Å². The highest BCUT2D eigenvalue weighted by Gasteiger charge is 2.35. The Morgan fingerprint density at radius 1 is 1.44 bits per heavy atom. The molecule has 1 aliphatic heterocycles. The van der Waals surface area contributed by atoms with Crippen LogP contribution in [0.4, 0.5) is 4.79 Å². The van der Waals surface area contributed by atoms with Gasteiger partial charge in [0.1, 0.15) is 5.60 Å². The number of nitrogens with zero attached hydrogens (tertiary/aromatic N) is 1. The molecular formula is C14H25NO3. The van der Waals surface area contributed by atoms with Gasteiger partial charge in [0.15, 0.2) is 0 Å². The third-order valence-corrected chi connectivity index (χ3v) is 3.12. The summed E-state index contributed by atoms with van der Waals surface area (Å²) in [4.78, 5) is 13.9. The molecule has 0 aromatic carbocycles. The molecule has 0 spiro atoms. The molecule has 1 N–H and O–H groups in total. The normalized spacial score (nSPS) is 24.8. The van der Waals surface area contributed by atoms with Crippen molar-refractivity contribution in [1.29, 1.82) is 0 Å². The van der Waals surface area contributed by atoms with Crippen molar-refractivity contribution in [2.45, 2.75) is 64.1 Å². The van der Waals surface area contributed by atoms with Gasteiger partial charge in [-0.15, -0.1) is 6.58 Å². The maximum atomic E-state index is 12.2. The maximum absolute atomic E-state index is 12.2. The van der Waals surface area contributed by atoms with Gasteiger partial charge in [-0.05, 0) is 46.5 Å². The molecule has 1 rings (SSSR count). The molecule has 4 nitrogen and oxygen atoms in total. The van der Waals surface area contributed by atoms with E-state index in [1.807, 2.05) is 26.8 Å². The Hall–Kier alpha value is -1.03. The van der Waals surface area contributed by atoms with Gasteiger partial charge >= 0.3 is 6.09 Å². The largest absolute Gasteiger partial charge is 0.444 e. The molecule has 1 amide bonds. The molecule has 0 aromatic rings. The summed E-state index contributed by atoms with van der Waals surface area (Å²) in [6, 6.07) is -0.0261. The van der Waals surface area contributed by atoms with E-state index in [0.717, 1.165) is 25.7 Å². The topological polar surface area (TPSA) is 49.8 Å². The number of piperidine rings is 1. The first kappa shape index (κ1) is 15.0. The first-order chi connectivity index (χ1) is 8.39. The summed E-state index contributed by atoms with van der Waals surface area (Å²) in [5, 5.41) is 9.42. The minimum Gasteiger partial charge on any atom is -0.444 e. The van der Waals surface area contributed by atoms with Crippen molar-refractivity contribution in [3.05, 3.63) is 12.7 Å². The quantitative estimate of drug-likeness (QED) is 0.789. The predicted molar refractivity (Wildman–Crippen MR) is 71.4 cm³/mol. The minimum absolute atomic E-state index is 0.00706. The SMILES string of the molecule is C=CCC1CCC[C@H](CO)N1C(=O)OC(C)(C)C. The van der Waals surface area contributed by atoms with E-state index in [2.05, 4.69) is 6.58 Å². The molecule has 0 saturated carbocycles. The second-order valence-corrected chi connectivity index (χ2v) is 5.83. The zero-order chi connectivity index (χ0) is 13.8. The average molecular weight is 255 g/mol. The van der Waals surface area contributed by atoms with Crippen molar-refractivity contribution in [3.63, 3.8) is 0 Å². The highest BCUT2D eigenvalue weighted by molar-refractivity contribution is 5.69. The van der Waals surface area contributed by atoms with Crippen molar-refractivity contribution in [2.75, 3.05) is 6.61 Å². The molecule has 1 heterocycles. The van der Waals surface area contributed by atoms with Crippen LogP contribution in [0.25, 0.3) is 0 Å². The molecule has 0 bridgehead atoms. The Balaban J connectivity index is 2.81. The standard InChI is InChI=1S/C14H25NO3/c1-5-7-11-8-6-9-12(10-16)15(11)13(17)18-14(2,3)4/h5,11-12,16H,1,6-10H2,2-4H3/t11?,12-/m1/s1. The molecule has 104 valence electrons. The number of hydrogen-bond acceptors (Lipinski definition) is 3. The Morgan fingerprint density at radius 3 is 2.56 bits per heavy atom. The lowest BCUT2D eigenvalue weighted by molar-refractivity contribution is -0.0145. The smallest absolute Gasteiger partial charge is 0.410 e. The summed E-state index contributed by atoms with van der Waals surface area (Å²) in [6.45, 7) is 9.28. The maximum Gasteiger partial charge on any atom is 0.410 e. The van der Waals surface area contributed by atoms with Crippen LogP contribution in [-0.4, -0.2) is 40.4 Å². The van der Waals surface area contributed by atoms with Crippen LogP contribution in [0.1, 0.15) is 46.5 Å². The molecular weight excluding hydrogens is 230 g/mol. The number of carbonyl (C=O) groups is 1. The fourth-order valence-corrected chi connectivity index (χ4v) is 2.38. The van der Waals surface area contributed by atoms with Gasteiger partial charge in [0.05, 0.1) is 12.6 Å². The van der Waals surface area contributed by atoms with E-state index in [1.165, 1.54) is 0 Å². The van der Waals surface area contributed by atoms with E-state index in [4.69, 9.17) is 4.74 Å². The van der Waals surface area contributed by atoms with E-state index in [0.29, 0.717) is 0 Å². The minimum atomic E-state index is -0.507. The van der Waals surface area contributed by atoms with Gasteiger partial charge in [-0.25, -0.2) is 4.79 Å². The first-order valence-electron chi connectivity index (χ1n) is 6.62. The zero-order valence-electron chi connectivity index (χ0n) is 11.7. The number of hydrogen-bond donors (Lipinski definition) is 1. The van der Waals surface area contributed by atoms with Gasteiger partial charge in [0, 0.05) is 6.04 Å². The van der Waals surface area contributed by atoms with Gasteiger partial charge in [0.2, 0.25) is 0 Å². The highest BCUT2D eigenvalue weighted by Crippen LogP contribution is 2.27. The van der Waals surface area contributed by atoms with Crippen molar-refractivity contribution in [2.24, 2.45) is 0 Å². The van der Waals surface area contributed by atoms with Crippen LogP contribution in [-0.2, 0) is 4.74 Å². The lowest BCUT2D eigenvalue weighted by Gasteiger charge is -2.41. The number of aliphatic hydroxyl groups excluding tert-OH is 1. The summed E-state index contributed by atoms with van der Waals surface area (Å²) < 4.78 is 5.43. The number of carbonyl (C=O) groups excluding carboxylic acids is 1. The Kier molecular flexibility index (Phi) is 5.20.